The van der Waals surface area contributed by atoms with Gasteiger partial charge in [0.25, 0.3) is 5.91 Å². The molecule has 8 heteroatoms. The minimum absolute atomic E-state index is 0.166. The van der Waals surface area contributed by atoms with Crippen molar-refractivity contribution in [2.24, 2.45) is 0 Å². The average molecular weight is 427 g/mol. The Balaban J connectivity index is 2.08. The molecule has 0 unspecified atom stereocenters. The topological polar surface area (TPSA) is 138 Å². The molecular formula is C24H21N5O3. The molecule has 0 bridgehead atoms. The number of nitrogen functional groups attached to an aromatic ring is 2. The van der Waals surface area contributed by atoms with Gasteiger partial charge in [-0.05, 0) is 43.3 Å². The fraction of sp³-hybridized carbons (Fsp3) is 0.125. The van der Waals surface area contributed by atoms with Crippen molar-refractivity contribution >= 4 is 73.1 Å². The van der Waals surface area contributed by atoms with Crippen LogP contribution in [0.1, 0.15) is 34.6 Å². The minimum Gasteiger partial charge on any atom is -0.399 e. The van der Waals surface area contributed by atoms with Gasteiger partial charge in [-0.15, -0.1) is 0 Å². The second-order valence-corrected chi connectivity index (χ2v) is 7.83. The number of aromatic nitrogens is 2. The lowest BCUT2D eigenvalue weighted by Crippen LogP contribution is -2.35. The number of aldehydes is 1. The van der Waals surface area contributed by atoms with Gasteiger partial charge in [0, 0.05) is 63.0 Å². The number of carbonyl (C=O) groups excluding carboxylic acids is 3. The number of aromatic amines is 2. The van der Waals surface area contributed by atoms with Crippen LogP contribution in [-0.2, 0) is 4.79 Å². The molecule has 0 fully saturated rings. The summed E-state index contributed by atoms with van der Waals surface area (Å²) in [6.07, 6.45) is 0.671. The zero-order valence-corrected chi connectivity index (χ0v) is 17.6. The van der Waals surface area contributed by atoms with Gasteiger partial charge in [-0.1, -0.05) is 0 Å². The first-order valence-corrected chi connectivity index (χ1v) is 10.2. The Labute approximate surface area is 182 Å². The molecule has 2 amide bonds. The predicted octanol–water partition coefficient (Wildman–Crippen LogP) is 3.94. The highest BCUT2D eigenvalue weighted by Gasteiger charge is 2.29. The van der Waals surface area contributed by atoms with Crippen LogP contribution in [0.2, 0.25) is 0 Å². The van der Waals surface area contributed by atoms with Gasteiger partial charge in [-0.25, -0.2) is 0 Å². The lowest BCUT2D eigenvalue weighted by Gasteiger charge is -2.19. The number of nitrogens with zero attached hydrogens (tertiary/aromatic N) is 1. The Morgan fingerprint density at radius 3 is 1.97 bits per heavy atom. The molecule has 6 N–H and O–H groups in total. The van der Waals surface area contributed by atoms with E-state index in [0.717, 1.165) is 21.3 Å². The normalized spacial score (nSPS) is 11.6. The second-order valence-electron chi connectivity index (χ2n) is 7.83. The van der Waals surface area contributed by atoms with Crippen molar-refractivity contribution < 1.29 is 14.4 Å². The quantitative estimate of drug-likeness (QED) is 0.255. The zero-order chi connectivity index (χ0) is 22.7. The first-order valence-electron chi connectivity index (χ1n) is 10.2. The third kappa shape index (κ3) is 2.59. The molecule has 2 heterocycles. The highest BCUT2D eigenvalue weighted by atomic mass is 16.2. The molecule has 0 saturated carbocycles. The summed E-state index contributed by atoms with van der Waals surface area (Å²) >= 11 is 0. The van der Waals surface area contributed by atoms with Crippen molar-refractivity contribution in [1.82, 2.24) is 14.9 Å². The molecule has 8 nitrogen and oxygen atoms in total. The first-order chi connectivity index (χ1) is 15.3. The summed E-state index contributed by atoms with van der Waals surface area (Å²) in [7, 11) is 0. The summed E-state index contributed by atoms with van der Waals surface area (Å²) in [6, 6.07) is 10.7. The van der Waals surface area contributed by atoms with E-state index in [4.69, 9.17) is 11.5 Å². The smallest absolute Gasteiger partial charge is 0.261 e. The maximum atomic E-state index is 13.7. The molecule has 5 aromatic rings. The van der Waals surface area contributed by atoms with Crippen LogP contribution in [0.5, 0.6) is 0 Å². The zero-order valence-electron chi connectivity index (χ0n) is 17.6. The number of hydrogen-bond donors (Lipinski definition) is 4. The van der Waals surface area contributed by atoms with Crippen LogP contribution >= 0.6 is 0 Å². The number of hydrogen-bond acceptors (Lipinski definition) is 5. The lowest BCUT2D eigenvalue weighted by atomic mass is 9.94. The molecule has 5 rings (SSSR count). The van der Waals surface area contributed by atoms with Crippen LogP contribution in [0.3, 0.4) is 0 Å². The first kappa shape index (κ1) is 19.6. The Morgan fingerprint density at radius 2 is 1.47 bits per heavy atom. The number of amides is 2. The summed E-state index contributed by atoms with van der Waals surface area (Å²) in [4.78, 5) is 46.2. The second kappa shape index (κ2) is 6.84. The molecule has 0 spiro atoms. The standard InChI is InChI=1S/C24H21N5O3/c1-3-29(11(2)31)24(32)21-16(10-30)19-14-8-12(25)4-6-17(14)27-22(19)23-20(21)15-9-13(26)5-7-18(15)28-23/h4-10,27-28H,3,25-26H2,1-2H3. The maximum absolute atomic E-state index is 13.7. The Hall–Kier alpha value is -4.33. The van der Waals surface area contributed by atoms with E-state index in [1.807, 2.05) is 12.1 Å². The number of fused-ring (bicyclic) bond motifs is 7. The fourth-order valence-electron chi connectivity index (χ4n) is 4.58. The fourth-order valence-corrected chi connectivity index (χ4v) is 4.58. The van der Waals surface area contributed by atoms with Crippen LogP contribution in [0.15, 0.2) is 36.4 Å². The van der Waals surface area contributed by atoms with Crippen molar-refractivity contribution in [2.45, 2.75) is 13.8 Å². The Morgan fingerprint density at radius 1 is 0.938 bits per heavy atom. The number of nitrogens with two attached hydrogens (primary N) is 2. The van der Waals surface area contributed by atoms with Gasteiger partial charge in [0.05, 0.1) is 16.6 Å². The van der Waals surface area contributed by atoms with Gasteiger partial charge >= 0.3 is 0 Å². The molecule has 0 aliphatic heterocycles. The van der Waals surface area contributed by atoms with Crippen molar-refractivity contribution in [1.29, 1.82) is 0 Å². The summed E-state index contributed by atoms with van der Waals surface area (Å²) in [6.45, 7) is 3.23. The largest absolute Gasteiger partial charge is 0.399 e. The summed E-state index contributed by atoms with van der Waals surface area (Å²) < 4.78 is 0. The maximum Gasteiger partial charge on any atom is 0.261 e. The van der Waals surface area contributed by atoms with Gasteiger partial charge in [-0.2, -0.15) is 0 Å². The number of imide groups is 1. The molecule has 0 atom stereocenters. The van der Waals surface area contributed by atoms with Crippen molar-refractivity contribution in [2.75, 3.05) is 18.0 Å². The summed E-state index contributed by atoms with van der Waals surface area (Å²) in [5.74, 6) is -0.930. The molecule has 160 valence electrons. The molecule has 0 radical (unpaired) electrons. The number of benzene rings is 3. The van der Waals surface area contributed by atoms with E-state index < -0.39 is 11.8 Å². The number of H-pyrrole nitrogens is 2. The highest BCUT2D eigenvalue weighted by Crippen LogP contribution is 2.41. The Bertz CT molecular complexity index is 1610. The Kier molecular flexibility index (Phi) is 4.20. The van der Waals surface area contributed by atoms with E-state index in [1.165, 1.54) is 6.92 Å². The van der Waals surface area contributed by atoms with Gasteiger partial charge in [0.15, 0.2) is 6.29 Å². The van der Waals surface area contributed by atoms with E-state index in [1.54, 1.807) is 31.2 Å². The van der Waals surface area contributed by atoms with Gasteiger partial charge < -0.3 is 21.4 Å². The van der Waals surface area contributed by atoms with Crippen LogP contribution in [0.4, 0.5) is 11.4 Å². The minimum atomic E-state index is -0.532. The van der Waals surface area contributed by atoms with Gasteiger partial charge in [0.2, 0.25) is 5.91 Å². The summed E-state index contributed by atoms with van der Waals surface area (Å²) in [5.41, 5.74) is 16.4. The van der Waals surface area contributed by atoms with Crippen LogP contribution in [0.25, 0.3) is 43.6 Å². The number of nitrogens with one attached hydrogen (secondary N) is 2. The van der Waals surface area contributed by atoms with Crippen LogP contribution in [-0.4, -0.2) is 39.5 Å². The number of carbonyl (C=O) groups is 3. The van der Waals surface area contributed by atoms with Gasteiger partial charge in [0.1, 0.15) is 0 Å². The molecule has 0 aliphatic carbocycles. The van der Waals surface area contributed by atoms with Crippen LogP contribution < -0.4 is 11.5 Å². The SMILES string of the molecule is CCN(C(C)=O)C(=O)c1c(C=O)c2c3cc(N)ccc3[nH]c2c2[nH]c3ccc(N)cc3c12. The molecule has 2 aromatic heterocycles. The van der Waals surface area contributed by atoms with E-state index >= 15 is 0 Å². The van der Waals surface area contributed by atoms with Crippen molar-refractivity contribution in [3.63, 3.8) is 0 Å². The highest BCUT2D eigenvalue weighted by molar-refractivity contribution is 6.33. The van der Waals surface area contributed by atoms with E-state index in [2.05, 4.69) is 9.97 Å². The van der Waals surface area contributed by atoms with Crippen molar-refractivity contribution in [3.05, 3.63) is 47.5 Å². The molecule has 0 aliphatic rings. The van der Waals surface area contributed by atoms with Gasteiger partial charge in [-0.3, -0.25) is 19.3 Å². The predicted molar refractivity (Wildman–Crippen MR) is 127 cm³/mol. The molecule has 3 aromatic carbocycles. The number of anilines is 2. The van der Waals surface area contributed by atoms with Crippen molar-refractivity contribution in [3.8, 4) is 0 Å². The lowest BCUT2D eigenvalue weighted by molar-refractivity contribution is -0.126. The summed E-state index contributed by atoms with van der Waals surface area (Å²) in [5, 5.41) is 2.55. The van der Waals surface area contributed by atoms with E-state index in [0.29, 0.717) is 44.9 Å². The third-order valence-electron chi connectivity index (χ3n) is 5.96. The van der Waals surface area contributed by atoms with E-state index in [9.17, 15) is 14.4 Å². The molecular weight excluding hydrogens is 406 g/mol. The molecule has 0 saturated heterocycles. The van der Waals surface area contributed by atoms with E-state index in [-0.39, 0.29) is 17.7 Å². The number of rotatable bonds is 3. The average Bonchev–Trinajstić information content (AvgIpc) is 3.31. The monoisotopic (exact) mass is 427 g/mol. The third-order valence-corrected chi connectivity index (χ3v) is 5.96. The molecule has 32 heavy (non-hydrogen) atoms. The van der Waals surface area contributed by atoms with Crippen LogP contribution in [0, 0.1) is 0 Å².